The third-order valence-corrected chi connectivity index (χ3v) is 7.54. The van der Waals surface area contributed by atoms with E-state index in [-0.39, 0.29) is 29.7 Å². The van der Waals surface area contributed by atoms with Crippen LogP contribution in [0.5, 0.6) is 5.75 Å². The van der Waals surface area contributed by atoms with Crippen LogP contribution in [0.3, 0.4) is 0 Å². The maximum absolute atomic E-state index is 14.3. The Hall–Kier alpha value is -3.01. The van der Waals surface area contributed by atoms with Gasteiger partial charge in [0.25, 0.3) is 0 Å². The molecular formula is C26H33F2N5O3. The van der Waals surface area contributed by atoms with Gasteiger partial charge in [-0.05, 0) is 68.2 Å². The zero-order chi connectivity index (χ0) is 25.2. The number of benzene rings is 1. The first kappa shape index (κ1) is 24.7. The van der Waals surface area contributed by atoms with Gasteiger partial charge in [0.1, 0.15) is 11.6 Å². The molecule has 36 heavy (non-hydrogen) atoms. The summed E-state index contributed by atoms with van der Waals surface area (Å²) < 4.78 is 39.4. The van der Waals surface area contributed by atoms with Crippen LogP contribution in [0.25, 0.3) is 0 Å². The molecule has 3 heterocycles. The second-order valence-corrected chi connectivity index (χ2v) is 10.2. The van der Waals surface area contributed by atoms with E-state index < -0.39 is 11.6 Å². The van der Waals surface area contributed by atoms with Crippen LogP contribution in [0.15, 0.2) is 30.6 Å². The Morgan fingerprint density at radius 2 is 1.86 bits per heavy atom. The van der Waals surface area contributed by atoms with E-state index in [1.165, 1.54) is 6.07 Å². The van der Waals surface area contributed by atoms with Gasteiger partial charge in [-0.1, -0.05) is 0 Å². The molecule has 8 nitrogen and oxygen atoms in total. The van der Waals surface area contributed by atoms with Crippen molar-refractivity contribution in [1.29, 1.82) is 0 Å². The second-order valence-electron chi connectivity index (χ2n) is 10.2. The molecule has 0 radical (unpaired) electrons. The number of likely N-dealkylation sites (tertiary alicyclic amines) is 1. The van der Waals surface area contributed by atoms with Crippen LogP contribution in [0.1, 0.15) is 44.1 Å². The van der Waals surface area contributed by atoms with Crippen molar-refractivity contribution in [1.82, 2.24) is 14.9 Å². The molecule has 194 valence electrons. The largest absolute Gasteiger partial charge is 0.487 e. The quantitative estimate of drug-likeness (QED) is 0.618. The minimum Gasteiger partial charge on any atom is -0.487 e. The Morgan fingerprint density at radius 1 is 1.14 bits per heavy atom. The van der Waals surface area contributed by atoms with E-state index >= 15 is 0 Å². The normalized spacial score (nSPS) is 23.6. The molecule has 2 aromatic rings. The summed E-state index contributed by atoms with van der Waals surface area (Å²) >= 11 is 0. The van der Waals surface area contributed by atoms with Gasteiger partial charge in [-0.25, -0.2) is 23.5 Å². The van der Waals surface area contributed by atoms with Crippen LogP contribution in [0.2, 0.25) is 0 Å². The molecule has 1 saturated carbocycles. The molecule has 1 aliphatic carbocycles. The van der Waals surface area contributed by atoms with E-state index in [0.29, 0.717) is 56.3 Å². The molecule has 0 spiro atoms. The summed E-state index contributed by atoms with van der Waals surface area (Å²) in [5.74, 6) is 0.624. The predicted octanol–water partition coefficient (Wildman–Crippen LogP) is 3.71. The predicted molar refractivity (Wildman–Crippen MR) is 130 cm³/mol. The standard InChI is InChI=1S/C26H33F2N5O3/c1-16(18-6-8-32(9-7-18)26(34)35-15-17-2-3-17)36-20-11-30-25(31-12-20)33-13-22(24(29)14-33)21-10-19(27)4-5-23(21)28/h4-5,10-12,16-18,22,24H,2-3,6-9,13-15,29H2,1H3/t16-,22+,24-/m0/s1. The fourth-order valence-electron chi connectivity index (χ4n) is 5.08. The molecule has 3 atom stereocenters. The number of hydrogen-bond acceptors (Lipinski definition) is 7. The van der Waals surface area contributed by atoms with Gasteiger partial charge in [0.2, 0.25) is 5.95 Å². The Labute approximate surface area is 209 Å². The Balaban J connectivity index is 1.12. The number of nitrogens with zero attached hydrogens (tertiary/aromatic N) is 4. The van der Waals surface area contributed by atoms with Gasteiger partial charge in [-0.3, -0.25) is 0 Å². The zero-order valence-corrected chi connectivity index (χ0v) is 20.5. The van der Waals surface area contributed by atoms with Crippen molar-refractivity contribution in [3.63, 3.8) is 0 Å². The fourth-order valence-corrected chi connectivity index (χ4v) is 5.08. The van der Waals surface area contributed by atoms with Crippen molar-refractivity contribution in [2.24, 2.45) is 17.6 Å². The lowest BCUT2D eigenvalue weighted by Crippen LogP contribution is -2.42. The number of ether oxygens (including phenoxy) is 2. The number of hydrogen-bond donors (Lipinski definition) is 1. The summed E-state index contributed by atoms with van der Waals surface area (Å²) in [5, 5.41) is 0. The number of nitrogens with two attached hydrogens (primary N) is 1. The number of carbonyl (C=O) groups excluding carboxylic acids is 1. The molecule has 0 bridgehead atoms. The summed E-state index contributed by atoms with van der Waals surface area (Å²) in [6, 6.07) is 3.09. The van der Waals surface area contributed by atoms with E-state index in [4.69, 9.17) is 15.2 Å². The lowest BCUT2D eigenvalue weighted by molar-refractivity contribution is 0.0616. The highest BCUT2D eigenvalue weighted by Gasteiger charge is 2.35. The van der Waals surface area contributed by atoms with Crippen molar-refractivity contribution >= 4 is 12.0 Å². The van der Waals surface area contributed by atoms with Gasteiger partial charge in [0.05, 0.1) is 25.1 Å². The second kappa shape index (κ2) is 10.5. The molecule has 2 saturated heterocycles. The zero-order valence-electron chi connectivity index (χ0n) is 20.5. The van der Waals surface area contributed by atoms with E-state index in [1.807, 2.05) is 11.8 Å². The van der Waals surface area contributed by atoms with E-state index in [1.54, 1.807) is 17.3 Å². The summed E-state index contributed by atoms with van der Waals surface area (Å²) in [5.41, 5.74) is 6.53. The Kier molecular flexibility index (Phi) is 7.22. The van der Waals surface area contributed by atoms with Crippen molar-refractivity contribution < 1.29 is 23.0 Å². The number of carbonyl (C=O) groups is 1. The van der Waals surface area contributed by atoms with Gasteiger partial charge in [0, 0.05) is 38.1 Å². The highest BCUT2D eigenvalue weighted by molar-refractivity contribution is 5.67. The minimum absolute atomic E-state index is 0.0513. The number of aromatic nitrogens is 2. The molecule has 0 unspecified atom stereocenters. The molecule has 1 aromatic heterocycles. The lowest BCUT2D eigenvalue weighted by atomic mass is 9.92. The van der Waals surface area contributed by atoms with E-state index in [9.17, 15) is 13.6 Å². The highest BCUT2D eigenvalue weighted by Crippen LogP contribution is 2.32. The number of piperidine rings is 1. The molecule has 1 aromatic carbocycles. The SMILES string of the molecule is C[C@H](Oc1cnc(N2C[C@H](c3cc(F)ccc3F)[C@@H](N)C2)nc1)C1CCN(C(=O)OCC2CC2)CC1. The van der Waals surface area contributed by atoms with Crippen molar-refractivity contribution in [3.05, 3.63) is 47.8 Å². The van der Waals surface area contributed by atoms with Crippen LogP contribution >= 0.6 is 0 Å². The molecule has 3 aliphatic rings. The van der Waals surface area contributed by atoms with Crippen LogP contribution in [-0.2, 0) is 4.74 Å². The smallest absolute Gasteiger partial charge is 0.409 e. The number of rotatable bonds is 7. The van der Waals surface area contributed by atoms with Gasteiger partial charge >= 0.3 is 6.09 Å². The fraction of sp³-hybridized carbons (Fsp3) is 0.577. The summed E-state index contributed by atoms with van der Waals surface area (Å²) in [4.78, 5) is 24.7. The first-order valence-electron chi connectivity index (χ1n) is 12.7. The highest BCUT2D eigenvalue weighted by atomic mass is 19.1. The minimum atomic E-state index is -0.483. The average Bonchev–Trinajstić information content (AvgIpc) is 3.64. The van der Waals surface area contributed by atoms with Gasteiger partial charge < -0.3 is 25.0 Å². The lowest BCUT2D eigenvalue weighted by Gasteiger charge is -2.34. The summed E-state index contributed by atoms with van der Waals surface area (Å²) in [6.45, 7) is 4.75. The molecule has 2 aliphatic heterocycles. The molecule has 3 fully saturated rings. The maximum atomic E-state index is 14.3. The van der Waals surface area contributed by atoms with Crippen LogP contribution < -0.4 is 15.4 Å². The summed E-state index contributed by atoms with van der Waals surface area (Å²) in [7, 11) is 0. The topological polar surface area (TPSA) is 93.8 Å². The number of amides is 1. The first-order valence-corrected chi connectivity index (χ1v) is 12.7. The maximum Gasteiger partial charge on any atom is 0.409 e. The molecule has 10 heteroatoms. The molecule has 2 N–H and O–H groups in total. The Morgan fingerprint density at radius 3 is 2.56 bits per heavy atom. The van der Waals surface area contributed by atoms with Crippen molar-refractivity contribution in [3.8, 4) is 5.75 Å². The third-order valence-electron chi connectivity index (χ3n) is 7.54. The number of halogens is 2. The van der Waals surface area contributed by atoms with Crippen LogP contribution in [0.4, 0.5) is 19.5 Å². The van der Waals surface area contributed by atoms with Gasteiger partial charge in [-0.2, -0.15) is 0 Å². The van der Waals surface area contributed by atoms with E-state index in [2.05, 4.69) is 9.97 Å². The van der Waals surface area contributed by atoms with Crippen LogP contribution in [-0.4, -0.2) is 65.9 Å². The average molecular weight is 502 g/mol. The molecule has 5 rings (SSSR count). The molecular weight excluding hydrogens is 468 g/mol. The third kappa shape index (κ3) is 5.69. The van der Waals surface area contributed by atoms with Crippen molar-refractivity contribution in [2.45, 2.75) is 50.7 Å². The number of anilines is 1. The monoisotopic (exact) mass is 501 g/mol. The van der Waals surface area contributed by atoms with Gasteiger partial charge in [0.15, 0.2) is 5.75 Å². The summed E-state index contributed by atoms with van der Waals surface area (Å²) in [6.07, 6.45) is 7.03. The van der Waals surface area contributed by atoms with Crippen molar-refractivity contribution in [2.75, 3.05) is 37.7 Å². The first-order chi connectivity index (χ1) is 17.4. The van der Waals surface area contributed by atoms with Crippen LogP contribution in [0, 0.1) is 23.5 Å². The van der Waals surface area contributed by atoms with E-state index in [0.717, 1.165) is 37.8 Å². The van der Waals surface area contributed by atoms with Gasteiger partial charge in [-0.15, -0.1) is 0 Å². The molecule has 1 amide bonds. The Bertz CT molecular complexity index is 1060.